The van der Waals surface area contributed by atoms with Crippen molar-refractivity contribution < 1.29 is 40.3 Å². The number of hydrogen-bond acceptors (Lipinski definition) is 5. The molecule has 1 fully saturated rings. The summed E-state index contributed by atoms with van der Waals surface area (Å²) in [5.41, 5.74) is -1.90. The van der Waals surface area contributed by atoms with Crippen molar-refractivity contribution in [3.8, 4) is 5.88 Å². The summed E-state index contributed by atoms with van der Waals surface area (Å²) >= 11 is 3.01. The Bertz CT molecular complexity index is 1220. The maximum absolute atomic E-state index is 14.5. The molecule has 2 heterocycles. The molecular weight excluding hydrogens is 629 g/mol. The van der Waals surface area contributed by atoms with Gasteiger partial charge >= 0.3 is 12.4 Å². The smallest absolute Gasteiger partial charge is 0.417 e. The molecule has 1 atom stereocenters. The molecule has 0 unspecified atom stereocenters. The van der Waals surface area contributed by atoms with Crippen LogP contribution in [0.3, 0.4) is 0 Å². The maximum Gasteiger partial charge on any atom is 0.417 e. The van der Waals surface area contributed by atoms with Crippen LogP contribution in [0.5, 0.6) is 5.88 Å². The number of hydrogen-bond donors (Lipinski definition) is 1. The quantitative estimate of drug-likeness (QED) is 0.231. The van der Waals surface area contributed by atoms with E-state index in [1.807, 2.05) is 0 Å². The zero-order valence-corrected chi connectivity index (χ0v) is 24.9. The second kappa shape index (κ2) is 12.2. The molecule has 0 saturated carbocycles. The van der Waals surface area contributed by atoms with E-state index in [-0.39, 0.29) is 41.4 Å². The number of benzene rings is 1. The summed E-state index contributed by atoms with van der Waals surface area (Å²) < 4.78 is 100. The number of anilines is 2. The van der Waals surface area contributed by atoms with Gasteiger partial charge in [0.2, 0.25) is 5.88 Å². The van der Waals surface area contributed by atoms with E-state index in [4.69, 9.17) is 4.74 Å². The molecule has 0 bridgehead atoms. The van der Waals surface area contributed by atoms with Gasteiger partial charge in [0, 0.05) is 45.5 Å². The number of alkyl halides is 6. The summed E-state index contributed by atoms with van der Waals surface area (Å²) in [6.45, 7) is 5.66. The van der Waals surface area contributed by atoms with Gasteiger partial charge in [-0.3, -0.25) is 9.69 Å². The van der Waals surface area contributed by atoms with E-state index >= 15 is 0 Å². The number of nitrogens with one attached hydrogen (secondary N) is 1. The van der Waals surface area contributed by atoms with Crippen LogP contribution in [0, 0.1) is 5.82 Å². The number of likely N-dealkylation sites (N-methyl/N-ethyl adjacent to an activating group) is 1. The number of ether oxygens (including phenoxy) is 1. The fraction of sp³-hybridized carbons (Fsp3) is 0.520. The second-order valence-corrected chi connectivity index (χ2v) is 17.4. The van der Waals surface area contributed by atoms with E-state index in [0.717, 1.165) is 17.2 Å². The Balaban J connectivity index is 1.86. The van der Waals surface area contributed by atoms with Gasteiger partial charge < -0.3 is 15.0 Å². The molecule has 0 radical (unpaired) electrons. The first-order valence-electron chi connectivity index (χ1n) is 12.4. The van der Waals surface area contributed by atoms with Crippen LogP contribution >= 0.6 is 15.9 Å². The van der Waals surface area contributed by atoms with Gasteiger partial charge in [-0.2, -0.15) is 26.3 Å². The zero-order chi connectivity index (χ0) is 30.0. The van der Waals surface area contributed by atoms with Crippen LogP contribution in [-0.4, -0.2) is 69.4 Å². The topological polar surface area (TPSA) is 57.7 Å². The lowest BCUT2D eigenvalue weighted by molar-refractivity contribution is -0.146. The number of aromatic nitrogens is 1. The Labute approximate surface area is 237 Å². The van der Waals surface area contributed by atoms with Crippen LogP contribution in [0.2, 0.25) is 25.7 Å². The van der Waals surface area contributed by atoms with Gasteiger partial charge in [0.15, 0.2) is 0 Å². The van der Waals surface area contributed by atoms with Crippen LogP contribution in [-0.2, 0) is 6.18 Å². The molecule has 1 N–H and O–H groups in total. The third-order valence-electron chi connectivity index (χ3n) is 6.37. The summed E-state index contributed by atoms with van der Waals surface area (Å²) in [5, 5.41) is 2.40. The van der Waals surface area contributed by atoms with Crippen LogP contribution in [0.25, 0.3) is 0 Å². The summed E-state index contributed by atoms with van der Waals surface area (Å²) in [5.74, 6) is -2.12. The van der Waals surface area contributed by atoms with Gasteiger partial charge in [-0.15, -0.1) is 0 Å². The Morgan fingerprint density at radius 3 is 2.48 bits per heavy atom. The summed E-state index contributed by atoms with van der Waals surface area (Å²) in [6, 6.07) is 3.13. The monoisotopic (exact) mass is 658 g/mol. The first-order chi connectivity index (χ1) is 18.3. The van der Waals surface area contributed by atoms with Gasteiger partial charge in [-0.05, 0) is 41.5 Å². The molecule has 1 aromatic carbocycles. The summed E-state index contributed by atoms with van der Waals surface area (Å²) in [4.78, 5) is 19.7. The molecule has 0 aliphatic carbocycles. The lowest BCUT2D eigenvalue weighted by Crippen LogP contribution is -2.40. The Hall–Kier alpha value is -2.39. The van der Waals surface area contributed by atoms with E-state index in [1.54, 1.807) is 4.90 Å². The number of carbonyl (C=O) groups is 1. The standard InChI is InChI=1S/C25H30BrF7N4O2Si/c1-36(14-24(28,29)30)15-5-6-37(13-15)21-11-19(27)18(26)10-20(21)35-23(38)16-12-34-22(9-17(16)25(31,32)33)39-7-8-40(2,3)4/h9-12,15H,5-8,13-14H2,1-4H3,(H,35,38)/t15-/m0/s1. The highest BCUT2D eigenvalue weighted by molar-refractivity contribution is 9.10. The first kappa shape index (κ1) is 32.1. The van der Waals surface area contributed by atoms with Crippen molar-refractivity contribution in [2.75, 3.05) is 43.5 Å². The van der Waals surface area contributed by atoms with Gasteiger partial charge in [0.25, 0.3) is 5.91 Å². The fourth-order valence-electron chi connectivity index (χ4n) is 4.21. The molecular formula is C25H30BrF7N4O2Si. The number of rotatable bonds is 9. The normalized spacial score (nSPS) is 16.5. The van der Waals surface area contributed by atoms with E-state index in [1.165, 1.54) is 13.1 Å². The number of nitrogens with zero attached hydrogens (tertiary/aromatic N) is 3. The third kappa shape index (κ3) is 8.80. The van der Waals surface area contributed by atoms with Crippen molar-refractivity contribution in [2.24, 2.45) is 0 Å². The van der Waals surface area contributed by atoms with E-state index in [2.05, 4.69) is 45.9 Å². The predicted octanol–water partition coefficient (Wildman–Crippen LogP) is 7.04. The molecule has 1 aliphatic rings. The van der Waals surface area contributed by atoms with E-state index in [0.29, 0.717) is 18.5 Å². The summed E-state index contributed by atoms with van der Waals surface area (Å²) in [7, 11) is -0.177. The molecule has 40 heavy (non-hydrogen) atoms. The maximum atomic E-state index is 14.5. The molecule has 1 amide bonds. The first-order valence-corrected chi connectivity index (χ1v) is 16.9. The highest BCUT2D eigenvalue weighted by Crippen LogP contribution is 2.37. The minimum atomic E-state index is -4.90. The number of amides is 1. The van der Waals surface area contributed by atoms with Crippen LogP contribution in [0.1, 0.15) is 22.3 Å². The molecule has 222 valence electrons. The van der Waals surface area contributed by atoms with Gasteiger partial charge in [-0.1, -0.05) is 19.6 Å². The number of halogens is 8. The van der Waals surface area contributed by atoms with Gasteiger partial charge in [0.05, 0.1) is 40.1 Å². The molecule has 1 aromatic heterocycles. The number of carbonyl (C=O) groups excluding carboxylic acids is 1. The zero-order valence-electron chi connectivity index (χ0n) is 22.3. The average Bonchev–Trinajstić information content (AvgIpc) is 3.29. The van der Waals surface area contributed by atoms with Crippen LogP contribution in [0.15, 0.2) is 28.9 Å². The molecule has 6 nitrogen and oxygen atoms in total. The number of pyridine rings is 1. The Morgan fingerprint density at radius 2 is 1.88 bits per heavy atom. The molecule has 2 aromatic rings. The lowest BCUT2D eigenvalue weighted by Gasteiger charge is -2.27. The largest absolute Gasteiger partial charge is 0.478 e. The van der Waals surface area contributed by atoms with Crippen molar-refractivity contribution in [3.05, 3.63) is 45.8 Å². The minimum absolute atomic E-state index is 0.0130. The molecule has 3 rings (SSSR count). The second-order valence-electron chi connectivity index (χ2n) is 10.9. The molecule has 15 heteroatoms. The van der Waals surface area contributed by atoms with Crippen LogP contribution < -0.4 is 15.0 Å². The SMILES string of the molecule is CN(CC(F)(F)F)[C@H]1CCN(c2cc(F)c(Br)cc2NC(=O)c2cnc(OCC[Si](C)(C)C)cc2C(F)(F)F)C1. The summed E-state index contributed by atoms with van der Waals surface area (Å²) in [6.07, 6.45) is -8.19. The minimum Gasteiger partial charge on any atom is -0.478 e. The van der Waals surface area contributed by atoms with Crippen molar-refractivity contribution in [1.29, 1.82) is 0 Å². The average molecular weight is 660 g/mol. The van der Waals surface area contributed by atoms with E-state index < -0.39 is 55.9 Å². The van der Waals surface area contributed by atoms with E-state index in [9.17, 15) is 35.5 Å². The van der Waals surface area contributed by atoms with Crippen molar-refractivity contribution in [3.63, 3.8) is 0 Å². The highest BCUT2D eigenvalue weighted by Gasteiger charge is 2.38. The Kier molecular flexibility index (Phi) is 9.82. The molecule has 0 spiro atoms. The van der Waals surface area contributed by atoms with Crippen molar-refractivity contribution in [2.45, 2.75) is 50.5 Å². The van der Waals surface area contributed by atoms with Gasteiger partial charge in [0.1, 0.15) is 5.82 Å². The Morgan fingerprint density at radius 1 is 1.20 bits per heavy atom. The third-order valence-corrected chi connectivity index (χ3v) is 8.69. The van der Waals surface area contributed by atoms with Crippen molar-refractivity contribution in [1.82, 2.24) is 9.88 Å². The van der Waals surface area contributed by atoms with Gasteiger partial charge in [-0.25, -0.2) is 9.37 Å². The van der Waals surface area contributed by atoms with Crippen LogP contribution in [0.4, 0.5) is 42.1 Å². The highest BCUT2D eigenvalue weighted by atomic mass is 79.9. The molecule has 1 aliphatic heterocycles. The molecule has 1 saturated heterocycles. The predicted molar refractivity (Wildman–Crippen MR) is 144 cm³/mol. The fourth-order valence-corrected chi connectivity index (χ4v) is 5.27. The van der Waals surface area contributed by atoms with Crippen molar-refractivity contribution >= 4 is 41.3 Å². The lowest BCUT2D eigenvalue weighted by atomic mass is 10.1.